The summed E-state index contributed by atoms with van der Waals surface area (Å²) < 4.78 is 13.9. The summed E-state index contributed by atoms with van der Waals surface area (Å²) in [5, 5.41) is 0.914. The molecule has 0 bridgehead atoms. The van der Waals surface area contributed by atoms with E-state index < -0.39 is 0 Å². The molecule has 0 aromatic heterocycles. The highest BCUT2D eigenvalue weighted by molar-refractivity contribution is 7.27. The van der Waals surface area contributed by atoms with Gasteiger partial charge in [0.1, 0.15) is 5.82 Å². The fraction of sp³-hybridized carbons (Fsp3) is 0.571. The third kappa shape index (κ3) is 2.86. The van der Waals surface area contributed by atoms with Crippen LogP contribution in [0.1, 0.15) is 38.7 Å². The largest absolute Gasteiger partial charge is 0.298 e. The summed E-state index contributed by atoms with van der Waals surface area (Å²) in [6, 6.07) is 5.52. The lowest BCUT2D eigenvalue weighted by atomic mass is 9.97. The molecule has 0 radical (unpaired) electrons. The van der Waals surface area contributed by atoms with Gasteiger partial charge >= 0.3 is 0 Å². The quantitative estimate of drug-likeness (QED) is 0.696. The molecule has 1 aliphatic heterocycles. The number of halogens is 1. The van der Waals surface area contributed by atoms with E-state index in [1.165, 1.54) is 0 Å². The van der Waals surface area contributed by atoms with Gasteiger partial charge in [0.15, 0.2) is 0 Å². The Morgan fingerprint density at radius 2 is 2.06 bits per heavy atom. The van der Waals surface area contributed by atoms with E-state index >= 15 is 0 Å². The Bertz CT molecular complexity index is 411. The second kappa shape index (κ2) is 4.66. The zero-order valence-corrected chi connectivity index (χ0v) is 12.0. The summed E-state index contributed by atoms with van der Waals surface area (Å²) >= 11 is 0. The van der Waals surface area contributed by atoms with Crippen LogP contribution in [0.25, 0.3) is 0 Å². The zero-order valence-electron chi connectivity index (χ0n) is 10.8. The van der Waals surface area contributed by atoms with Crippen molar-refractivity contribution in [2.24, 2.45) is 0 Å². The first-order valence-electron chi connectivity index (χ1n) is 6.18. The first kappa shape index (κ1) is 13.0. The van der Waals surface area contributed by atoms with Gasteiger partial charge in [0.25, 0.3) is 0 Å². The van der Waals surface area contributed by atoms with Gasteiger partial charge in [-0.15, -0.1) is 9.24 Å². The molecule has 2 atom stereocenters. The molecule has 0 aliphatic carbocycles. The van der Waals surface area contributed by atoms with Gasteiger partial charge in [0.05, 0.1) is 0 Å². The molecule has 1 aromatic carbocycles. The molecule has 0 saturated carbocycles. The van der Waals surface area contributed by atoms with Crippen molar-refractivity contribution in [3.8, 4) is 0 Å². The van der Waals surface area contributed by atoms with Gasteiger partial charge < -0.3 is 0 Å². The fourth-order valence-electron chi connectivity index (χ4n) is 2.50. The van der Waals surface area contributed by atoms with Crippen LogP contribution in [0.5, 0.6) is 0 Å². The van der Waals surface area contributed by atoms with E-state index in [-0.39, 0.29) is 11.4 Å². The molecule has 2 unspecified atom stereocenters. The average molecular weight is 253 g/mol. The fourth-order valence-corrected chi connectivity index (χ4v) is 2.74. The molecule has 0 N–H and O–H groups in total. The maximum atomic E-state index is 13.9. The Morgan fingerprint density at radius 3 is 2.59 bits per heavy atom. The zero-order chi connectivity index (χ0) is 12.6. The maximum absolute atomic E-state index is 13.9. The minimum Gasteiger partial charge on any atom is -0.298 e. The summed E-state index contributed by atoms with van der Waals surface area (Å²) in [5.74, 6) is 0.290. The van der Waals surface area contributed by atoms with Crippen LogP contribution in [0.3, 0.4) is 0 Å². The Labute approximate surface area is 106 Å². The third-order valence-corrected chi connectivity index (χ3v) is 3.96. The van der Waals surface area contributed by atoms with Crippen LogP contribution in [0.2, 0.25) is 0 Å². The molecule has 0 amide bonds. The van der Waals surface area contributed by atoms with Crippen LogP contribution in [-0.4, -0.2) is 23.5 Å². The number of hydrogen-bond acceptors (Lipinski definition) is 1. The number of benzene rings is 1. The molecule has 94 valence electrons. The summed E-state index contributed by atoms with van der Waals surface area (Å²) in [5.41, 5.74) is 1.06. The van der Waals surface area contributed by atoms with E-state index in [0.717, 1.165) is 30.4 Å². The topological polar surface area (TPSA) is 3.24 Å². The van der Waals surface area contributed by atoms with Crippen molar-refractivity contribution in [1.29, 1.82) is 0 Å². The first-order chi connectivity index (χ1) is 7.88. The van der Waals surface area contributed by atoms with E-state index in [0.29, 0.717) is 5.92 Å². The summed E-state index contributed by atoms with van der Waals surface area (Å²) in [7, 11) is 2.54. The highest BCUT2D eigenvalue weighted by atomic mass is 31.0. The molecule has 0 spiro atoms. The van der Waals surface area contributed by atoms with Crippen molar-refractivity contribution in [2.45, 2.75) is 38.6 Å². The molecule has 1 fully saturated rings. The smallest absolute Gasteiger partial charge is 0.127 e. The number of nitrogens with zero attached hydrogens (tertiary/aromatic N) is 1. The van der Waals surface area contributed by atoms with Gasteiger partial charge in [0, 0.05) is 18.0 Å². The Morgan fingerprint density at radius 1 is 1.35 bits per heavy atom. The van der Waals surface area contributed by atoms with E-state index in [9.17, 15) is 4.39 Å². The molecular weight excluding hydrogens is 232 g/mol. The number of rotatable bonds is 1. The van der Waals surface area contributed by atoms with Crippen molar-refractivity contribution in [3.63, 3.8) is 0 Å². The minimum atomic E-state index is -0.0572. The lowest BCUT2D eigenvalue weighted by molar-refractivity contribution is 0.172. The van der Waals surface area contributed by atoms with Gasteiger partial charge in [-0.25, -0.2) is 4.39 Å². The Kier molecular flexibility index (Phi) is 3.56. The predicted octanol–water partition coefficient (Wildman–Crippen LogP) is 2.91. The van der Waals surface area contributed by atoms with Crippen LogP contribution in [0.15, 0.2) is 18.2 Å². The van der Waals surface area contributed by atoms with Crippen molar-refractivity contribution >= 4 is 14.5 Å². The Hall–Kier alpha value is -0.460. The minimum absolute atomic E-state index is 0.0572. The van der Waals surface area contributed by atoms with Gasteiger partial charge in [-0.3, -0.25) is 4.90 Å². The number of hydrogen-bond donors (Lipinski definition) is 0. The van der Waals surface area contributed by atoms with Crippen LogP contribution < -0.4 is 5.30 Å². The van der Waals surface area contributed by atoms with Crippen LogP contribution in [0, 0.1) is 5.82 Å². The highest BCUT2D eigenvalue weighted by Crippen LogP contribution is 2.32. The maximum Gasteiger partial charge on any atom is 0.127 e. The molecule has 17 heavy (non-hydrogen) atoms. The van der Waals surface area contributed by atoms with Gasteiger partial charge in [-0.1, -0.05) is 12.1 Å². The second-order valence-electron chi connectivity index (χ2n) is 5.88. The van der Waals surface area contributed by atoms with Gasteiger partial charge in [-0.05, 0) is 50.7 Å². The molecule has 1 nitrogen and oxygen atoms in total. The highest BCUT2D eigenvalue weighted by Gasteiger charge is 2.31. The monoisotopic (exact) mass is 253 g/mol. The lowest BCUT2D eigenvalue weighted by Crippen LogP contribution is -2.39. The Balaban J connectivity index is 2.15. The van der Waals surface area contributed by atoms with Crippen LogP contribution in [0.4, 0.5) is 4.39 Å². The summed E-state index contributed by atoms with van der Waals surface area (Å²) in [6.45, 7) is 8.69. The van der Waals surface area contributed by atoms with E-state index in [2.05, 4.69) is 34.9 Å². The first-order valence-corrected chi connectivity index (χ1v) is 6.75. The molecule has 1 heterocycles. The van der Waals surface area contributed by atoms with E-state index in [4.69, 9.17) is 0 Å². The normalized spacial score (nSPS) is 22.1. The van der Waals surface area contributed by atoms with Gasteiger partial charge in [0.2, 0.25) is 0 Å². The molecule has 3 heteroatoms. The molecule has 2 rings (SSSR count). The van der Waals surface area contributed by atoms with Crippen LogP contribution >= 0.6 is 9.24 Å². The number of likely N-dealkylation sites (tertiary alicyclic amines) is 1. The molecular formula is C14H21FNP. The van der Waals surface area contributed by atoms with E-state index in [1.54, 1.807) is 6.07 Å². The van der Waals surface area contributed by atoms with Crippen LogP contribution in [-0.2, 0) is 0 Å². The summed E-state index contributed by atoms with van der Waals surface area (Å²) in [6.07, 6.45) is 1.06. The average Bonchev–Trinajstić information content (AvgIpc) is 2.65. The van der Waals surface area contributed by atoms with Crippen molar-refractivity contribution < 1.29 is 4.39 Å². The van der Waals surface area contributed by atoms with Crippen molar-refractivity contribution in [3.05, 3.63) is 29.6 Å². The third-order valence-electron chi connectivity index (χ3n) is 3.60. The lowest BCUT2D eigenvalue weighted by Gasteiger charge is -2.31. The predicted molar refractivity (Wildman–Crippen MR) is 74.4 cm³/mol. The SMILES string of the molecule is CC(C)(C)N1CCC(c2ccc(P)cc2F)C1. The molecule has 1 aromatic rings. The molecule has 1 saturated heterocycles. The second-order valence-corrected chi connectivity index (χ2v) is 6.55. The van der Waals surface area contributed by atoms with Crippen molar-refractivity contribution in [1.82, 2.24) is 4.90 Å². The van der Waals surface area contributed by atoms with Crippen molar-refractivity contribution in [2.75, 3.05) is 13.1 Å². The molecule has 1 aliphatic rings. The van der Waals surface area contributed by atoms with Gasteiger partial charge in [-0.2, -0.15) is 0 Å². The standard InChI is InChI=1S/C14H21FNP/c1-14(2,3)16-7-6-10(9-16)12-5-4-11(17)8-13(12)15/h4-5,8,10H,6-7,9,17H2,1-3H3. The van der Waals surface area contributed by atoms with E-state index in [1.807, 2.05) is 12.1 Å². The summed E-state index contributed by atoms with van der Waals surface area (Å²) in [4.78, 5) is 2.44.